The van der Waals surface area contributed by atoms with E-state index in [2.05, 4.69) is 4.99 Å². The molecule has 0 fully saturated rings. The van der Waals surface area contributed by atoms with Crippen LogP contribution in [-0.2, 0) is 14.4 Å². The number of ketones is 2. The summed E-state index contributed by atoms with van der Waals surface area (Å²) in [6, 6.07) is 0. The number of hydrogen-bond donors (Lipinski definition) is 2. The summed E-state index contributed by atoms with van der Waals surface area (Å²) in [6.45, 7) is 2.81. The molecule has 104 valence electrons. The van der Waals surface area contributed by atoms with Gasteiger partial charge in [-0.2, -0.15) is 0 Å². The molecule has 0 bridgehead atoms. The molecule has 0 aliphatic carbocycles. The van der Waals surface area contributed by atoms with Gasteiger partial charge in [0.1, 0.15) is 12.2 Å². The van der Waals surface area contributed by atoms with E-state index in [1.54, 1.807) is 13.8 Å². The van der Waals surface area contributed by atoms with Gasteiger partial charge in [0.05, 0.1) is 6.54 Å². The Morgan fingerprint density at radius 1 is 1.11 bits per heavy atom. The third kappa shape index (κ3) is 5.52. The summed E-state index contributed by atoms with van der Waals surface area (Å²) >= 11 is 0. The van der Waals surface area contributed by atoms with Crippen molar-refractivity contribution in [2.45, 2.75) is 26.1 Å². The Labute approximate surface area is 111 Å². The van der Waals surface area contributed by atoms with Gasteiger partial charge in [-0.15, -0.1) is 0 Å². The van der Waals surface area contributed by atoms with Gasteiger partial charge in [0.15, 0.2) is 11.6 Å². The van der Waals surface area contributed by atoms with Gasteiger partial charge in [0.25, 0.3) is 0 Å². The molecule has 0 radical (unpaired) electrons. The van der Waals surface area contributed by atoms with E-state index in [-0.39, 0.29) is 6.54 Å². The first-order chi connectivity index (χ1) is 8.99. The van der Waals surface area contributed by atoms with Crippen LogP contribution in [0.2, 0.25) is 0 Å². The van der Waals surface area contributed by atoms with Crippen molar-refractivity contribution in [3.63, 3.8) is 0 Å². The fraction of sp³-hybridized carbons (Fsp3) is 0.462. The van der Waals surface area contributed by atoms with Gasteiger partial charge in [0, 0.05) is 5.92 Å². The maximum atomic E-state index is 11.5. The average molecular weight is 267 g/mol. The van der Waals surface area contributed by atoms with Crippen molar-refractivity contribution < 1.29 is 24.6 Å². The molecule has 6 nitrogen and oxygen atoms in total. The standard InChI is InChI=1S/C13H17NO5/c1-3-5-10(16)12(18)9(7-14-8-15)13(19)11(17)6-4-2/h3-6,9,12-13,18-19H,7H2,1-2H3. The molecule has 0 aromatic rings. The number of isocyanates is 1. The molecule has 6 heteroatoms. The minimum Gasteiger partial charge on any atom is -0.384 e. The molecule has 0 spiro atoms. The Bertz CT molecular complexity index is 391. The van der Waals surface area contributed by atoms with Crippen LogP contribution in [0.15, 0.2) is 29.3 Å². The van der Waals surface area contributed by atoms with Crippen LogP contribution in [0.5, 0.6) is 0 Å². The Hall–Kier alpha value is -1.88. The zero-order chi connectivity index (χ0) is 14.8. The van der Waals surface area contributed by atoms with Gasteiger partial charge in [-0.25, -0.2) is 9.79 Å². The van der Waals surface area contributed by atoms with Crippen LogP contribution in [0.4, 0.5) is 0 Å². The zero-order valence-corrected chi connectivity index (χ0v) is 10.8. The molecule has 0 heterocycles. The van der Waals surface area contributed by atoms with Gasteiger partial charge >= 0.3 is 0 Å². The highest BCUT2D eigenvalue weighted by Crippen LogP contribution is 2.14. The van der Waals surface area contributed by atoms with Crippen LogP contribution >= 0.6 is 0 Å². The molecular weight excluding hydrogens is 250 g/mol. The summed E-state index contributed by atoms with van der Waals surface area (Å²) < 4.78 is 0. The van der Waals surface area contributed by atoms with E-state index in [9.17, 15) is 24.6 Å². The fourth-order valence-corrected chi connectivity index (χ4v) is 1.46. The predicted molar refractivity (Wildman–Crippen MR) is 68.1 cm³/mol. The maximum Gasteiger partial charge on any atom is 0.234 e. The monoisotopic (exact) mass is 267 g/mol. The lowest BCUT2D eigenvalue weighted by Gasteiger charge is -2.22. The molecule has 19 heavy (non-hydrogen) atoms. The molecule has 2 atom stereocenters. The highest BCUT2D eigenvalue weighted by Gasteiger charge is 2.33. The normalized spacial score (nSPS) is 16.0. The van der Waals surface area contributed by atoms with Crippen LogP contribution in [0, 0.1) is 5.92 Å². The van der Waals surface area contributed by atoms with Crippen molar-refractivity contribution >= 4 is 17.6 Å². The number of carbonyl (C=O) groups excluding carboxylic acids is 3. The van der Waals surface area contributed by atoms with Crippen molar-refractivity contribution in [2.24, 2.45) is 10.9 Å². The number of aliphatic hydroxyl groups excluding tert-OH is 2. The lowest BCUT2D eigenvalue weighted by atomic mass is 9.90. The van der Waals surface area contributed by atoms with E-state index in [0.29, 0.717) is 0 Å². The quantitative estimate of drug-likeness (QED) is 0.364. The highest BCUT2D eigenvalue weighted by molar-refractivity contribution is 5.96. The van der Waals surface area contributed by atoms with E-state index in [4.69, 9.17) is 0 Å². The summed E-state index contributed by atoms with van der Waals surface area (Å²) in [4.78, 5) is 36.3. The van der Waals surface area contributed by atoms with E-state index in [0.717, 1.165) is 12.2 Å². The van der Waals surface area contributed by atoms with Crippen LogP contribution in [0.1, 0.15) is 13.8 Å². The maximum absolute atomic E-state index is 11.5. The number of aliphatic hydroxyl groups is 2. The lowest BCUT2D eigenvalue weighted by Crippen LogP contribution is -2.42. The summed E-state index contributed by atoms with van der Waals surface area (Å²) in [7, 11) is 0. The third-order valence-electron chi connectivity index (χ3n) is 2.42. The first kappa shape index (κ1) is 17.1. The van der Waals surface area contributed by atoms with E-state index < -0.39 is 29.7 Å². The SMILES string of the molecule is CC=CC(=O)C(O)C(CN=C=O)C(O)C(=O)C=CC. The van der Waals surface area contributed by atoms with Gasteiger partial charge in [-0.1, -0.05) is 12.2 Å². The van der Waals surface area contributed by atoms with Crippen LogP contribution in [0.25, 0.3) is 0 Å². The van der Waals surface area contributed by atoms with E-state index in [1.807, 2.05) is 0 Å². The van der Waals surface area contributed by atoms with Gasteiger partial charge in [0.2, 0.25) is 6.08 Å². The van der Waals surface area contributed by atoms with E-state index in [1.165, 1.54) is 18.2 Å². The molecule has 0 saturated carbocycles. The Balaban J connectivity index is 5.13. The van der Waals surface area contributed by atoms with Crippen LogP contribution in [0.3, 0.4) is 0 Å². The Kier molecular flexibility index (Phi) is 8.20. The Morgan fingerprint density at radius 2 is 1.53 bits per heavy atom. The molecule has 0 rings (SSSR count). The number of rotatable bonds is 8. The predicted octanol–water partition coefficient (Wildman–Crippen LogP) is -0.0494. The summed E-state index contributed by atoms with van der Waals surface area (Å²) in [5, 5.41) is 19.6. The number of aliphatic imine (C=N–C) groups is 1. The van der Waals surface area contributed by atoms with E-state index >= 15 is 0 Å². The number of hydrogen-bond acceptors (Lipinski definition) is 6. The van der Waals surface area contributed by atoms with Gasteiger partial charge in [-0.05, 0) is 26.0 Å². The first-order valence-electron chi connectivity index (χ1n) is 5.72. The Morgan fingerprint density at radius 3 is 1.84 bits per heavy atom. The topological polar surface area (TPSA) is 104 Å². The third-order valence-corrected chi connectivity index (χ3v) is 2.42. The lowest BCUT2D eigenvalue weighted by molar-refractivity contribution is -0.133. The molecule has 0 aliphatic rings. The molecule has 2 N–H and O–H groups in total. The highest BCUT2D eigenvalue weighted by atomic mass is 16.3. The molecule has 2 unspecified atom stereocenters. The molecule has 0 saturated heterocycles. The van der Waals surface area contributed by atoms with Crippen molar-refractivity contribution in [3.8, 4) is 0 Å². The molecule has 0 amide bonds. The molecule has 0 aromatic carbocycles. The second-order valence-corrected chi connectivity index (χ2v) is 3.79. The second-order valence-electron chi connectivity index (χ2n) is 3.79. The van der Waals surface area contributed by atoms with Gasteiger partial charge in [-0.3, -0.25) is 9.59 Å². The number of nitrogens with zero attached hydrogens (tertiary/aromatic N) is 1. The number of allylic oxidation sites excluding steroid dienone is 2. The van der Waals surface area contributed by atoms with Crippen LogP contribution < -0.4 is 0 Å². The average Bonchev–Trinajstić information content (AvgIpc) is 2.39. The van der Waals surface area contributed by atoms with Crippen molar-refractivity contribution in [1.82, 2.24) is 0 Å². The van der Waals surface area contributed by atoms with Gasteiger partial charge < -0.3 is 10.2 Å². The summed E-state index contributed by atoms with van der Waals surface area (Å²) in [5.74, 6) is -2.52. The molecule has 0 aromatic heterocycles. The molecule has 0 aliphatic heterocycles. The summed E-state index contributed by atoms with van der Waals surface area (Å²) in [6.07, 6.45) is 3.10. The minimum atomic E-state index is -1.61. The van der Waals surface area contributed by atoms with Crippen molar-refractivity contribution in [2.75, 3.05) is 6.54 Å². The fourth-order valence-electron chi connectivity index (χ4n) is 1.46. The zero-order valence-electron chi connectivity index (χ0n) is 10.8. The van der Waals surface area contributed by atoms with Crippen LogP contribution in [-0.4, -0.2) is 46.6 Å². The minimum absolute atomic E-state index is 0.363. The van der Waals surface area contributed by atoms with Crippen molar-refractivity contribution in [1.29, 1.82) is 0 Å². The summed E-state index contributed by atoms with van der Waals surface area (Å²) in [5.41, 5.74) is 0. The molecular formula is C13H17NO5. The van der Waals surface area contributed by atoms with Crippen molar-refractivity contribution in [3.05, 3.63) is 24.3 Å². The smallest absolute Gasteiger partial charge is 0.234 e. The first-order valence-corrected chi connectivity index (χ1v) is 5.72. The largest absolute Gasteiger partial charge is 0.384 e. The second kappa shape index (κ2) is 9.10. The number of carbonyl (C=O) groups is 2.